The third kappa shape index (κ3) is 2.19. The number of rotatable bonds is 3. The standard InChI is InChI=1S/C11H11N5O3/c17-10-5-16-9(4-12-10)8(14-15-16)3-13-11(18)7-1-2-19-6-7/h1-2,6H,3-5H2,(H,12,17)(H,13,18). The minimum Gasteiger partial charge on any atom is -0.472 e. The Morgan fingerprint density at radius 1 is 1.58 bits per heavy atom. The van der Waals surface area contributed by atoms with E-state index in [0.29, 0.717) is 17.8 Å². The van der Waals surface area contributed by atoms with E-state index in [1.54, 1.807) is 6.07 Å². The number of furan rings is 1. The molecule has 0 spiro atoms. The molecule has 0 aromatic carbocycles. The predicted molar refractivity (Wildman–Crippen MR) is 61.7 cm³/mol. The molecule has 8 nitrogen and oxygen atoms in total. The lowest BCUT2D eigenvalue weighted by Gasteiger charge is -2.14. The van der Waals surface area contributed by atoms with E-state index in [4.69, 9.17) is 4.42 Å². The highest BCUT2D eigenvalue weighted by atomic mass is 16.3. The van der Waals surface area contributed by atoms with Gasteiger partial charge < -0.3 is 15.1 Å². The molecule has 1 aliphatic heterocycles. The van der Waals surface area contributed by atoms with Gasteiger partial charge in [0.25, 0.3) is 5.91 Å². The molecule has 98 valence electrons. The van der Waals surface area contributed by atoms with Crippen molar-refractivity contribution in [2.75, 3.05) is 0 Å². The van der Waals surface area contributed by atoms with Crippen molar-refractivity contribution in [1.29, 1.82) is 0 Å². The molecule has 0 saturated heterocycles. The fourth-order valence-electron chi connectivity index (χ4n) is 1.86. The molecule has 3 heterocycles. The van der Waals surface area contributed by atoms with Crippen LogP contribution in [0.1, 0.15) is 21.7 Å². The lowest BCUT2D eigenvalue weighted by atomic mass is 10.2. The van der Waals surface area contributed by atoms with Crippen molar-refractivity contribution in [3.05, 3.63) is 35.5 Å². The molecule has 2 aromatic heterocycles. The van der Waals surface area contributed by atoms with Gasteiger partial charge in [0.1, 0.15) is 18.5 Å². The third-order valence-corrected chi connectivity index (χ3v) is 2.86. The molecule has 0 fully saturated rings. The number of amides is 2. The van der Waals surface area contributed by atoms with E-state index in [1.807, 2.05) is 0 Å². The maximum atomic E-state index is 11.7. The quantitative estimate of drug-likeness (QED) is 0.770. The summed E-state index contributed by atoms with van der Waals surface area (Å²) in [6, 6.07) is 1.58. The number of hydrogen-bond acceptors (Lipinski definition) is 5. The molecule has 3 rings (SSSR count). The smallest absolute Gasteiger partial charge is 0.254 e. The Kier molecular flexibility index (Phi) is 2.75. The first-order valence-electron chi connectivity index (χ1n) is 5.72. The molecule has 0 saturated carbocycles. The van der Waals surface area contributed by atoms with Crippen molar-refractivity contribution < 1.29 is 14.0 Å². The van der Waals surface area contributed by atoms with E-state index >= 15 is 0 Å². The van der Waals surface area contributed by atoms with Crippen molar-refractivity contribution >= 4 is 11.8 Å². The number of carbonyl (C=O) groups is 2. The van der Waals surface area contributed by atoms with Crippen molar-refractivity contribution in [1.82, 2.24) is 25.6 Å². The van der Waals surface area contributed by atoms with E-state index < -0.39 is 0 Å². The molecule has 0 atom stereocenters. The molecular weight excluding hydrogens is 250 g/mol. The Morgan fingerprint density at radius 3 is 3.26 bits per heavy atom. The molecule has 2 aromatic rings. The molecule has 0 radical (unpaired) electrons. The van der Waals surface area contributed by atoms with Crippen molar-refractivity contribution in [3.8, 4) is 0 Å². The summed E-state index contributed by atoms with van der Waals surface area (Å²) in [6.45, 7) is 0.802. The van der Waals surface area contributed by atoms with Gasteiger partial charge in [-0.3, -0.25) is 9.59 Å². The molecule has 2 N–H and O–H groups in total. The summed E-state index contributed by atoms with van der Waals surface area (Å²) in [4.78, 5) is 22.9. The normalized spacial score (nSPS) is 13.8. The molecule has 1 aliphatic rings. The van der Waals surface area contributed by atoms with Crippen LogP contribution in [0.5, 0.6) is 0 Å². The first-order valence-corrected chi connectivity index (χ1v) is 5.72. The average molecular weight is 261 g/mol. The maximum absolute atomic E-state index is 11.7. The van der Waals surface area contributed by atoms with Crippen LogP contribution in [0.2, 0.25) is 0 Å². The summed E-state index contributed by atoms with van der Waals surface area (Å²) >= 11 is 0. The molecule has 8 heteroatoms. The lowest BCUT2D eigenvalue weighted by Crippen LogP contribution is -2.35. The number of fused-ring (bicyclic) bond motifs is 1. The predicted octanol–water partition coefficient (Wildman–Crippen LogP) is -0.569. The van der Waals surface area contributed by atoms with Crippen LogP contribution in [0.4, 0.5) is 0 Å². The zero-order chi connectivity index (χ0) is 13.2. The minimum absolute atomic E-state index is 0.0913. The summed E-state index contributed by atoms with van der Waals surface area (Å²) in [7, 11) is 0. The minimum atomic E-state index is -0.240. The van der Waals surface area contributed by atoms with Gasteiger partial charge in [-0.1, -0.05) is 5.21 Å². The molecule has 2 amide bonds. The molecular formula is C11H11N5O3. The Morgan fingerprint density at radius 2 is 2.47 bits per heavy atom. The number of nitrogens with zero attached hydrogens (tertiary/aromatic N) is 3. The van der Waals surface area contributed by atoms with Crippen molar-refractivity contribution in [3.63, 3.8) is 0 Å². The van der Waals surface area contributed by atoms with Gasteiger partial charge in [0.15, 0.2) is 0 Å². The second-order valence-electron chi connectivity index (χ2n) is 4.11. The Balaban J connectivity index is 1.68. The number of nitrogens with one attached hydrogen (secondary N) is 2. The van der Waals surface area contributed by atoms with Crippen LogP contribution in [0.3, 0.4) is 0 Å². The van der Waals surface area contributed by atoms with Gasteiger partial charge in [-0.15, -0.1) is 5.10 Å². The van der Waals surface area contributed by atoms with Crippen LogP contribution in [-0.4, -0.2) is 26.8 Å². The van der Waals surface area contributed by atoms with Gasteiger partial charge in [-0.2, -0.15) is 0 Å². The maximum Gasteiger partial charge on any atom is 0.254 e. The van der Waals surface area contributed by atoms with Gasteiger partial charge in [0.05, 0.1) is 30.6 Å². The summed E-state index contributed by atoms with van der Waals surface area (Å²) < 4.78 is 6.37. The first kappa shape index (κ1) is 11.5. The van der Waals surface area contributed by atoms with Crippen LogP contribution >= 0.6 is 0 Å². The van der Waals surface area contributed by atoms with Crippen LogP contribution in [0.25, 0.3) is 0 Å². The van der Waals surface area contributed by atoms with E-state index in [9.17, 15) is 9.59 Å². The molecule has 0 bridgehead atoms. The van der Waals surface area contributed by atoms with E-state index in [0.717, 1.165) is 5.69 Å². The Labute approximate surface area is 107 Å². The zero-order valence-electron chi connectivity index (χ0n) is 9.92. The molecule has 19 heavy (non-hydrogen) atoms. The summed E-state index contributed by atoms with van der Waals surface area (Å²) in [5, 5.41) is 13.3. The monoisotopic (exact) mass is 261 g/mol. The third-order valence-electron chi connectivity index (χ3n) is 2.86. The van der Waals surface area contributed by atoms with Crippen LogP contribution in [0, 0.1) is 0 Å². The van der Waals surface area contributed by atoms with Gasteiger partial charge >= 0.3 is 0 Å². The highest BCUT2D eigenvalue weighted by Crippen LogP contribution is 2.09. The Hall–Kier alpha value is -2.64. The van der Waals surface area contributed by atoms with Crippen LogP contribution in [-0.2, 0) is 24.4 Å². The lowest BCUT2D eigenvalue weighted by molar-refractivity contribution is -0.122. The Bertz CT molecular complexity index is 616. The topological polar surface area (TPSA) is 102 Å². The number of hydrogen-bond donors (Lipinski definition) is 2. The van der Waals surface area contributed by atoms with Gasteiger partial charge in [0.2, 0.25) is 5.91 Å². The van der Waals surface area contributed by atoms with Gasteiger partial charge in [-0.25, -0.2) is 4.68 Å². The van der Waals surface area contributed by atoms with Crippen molar-refractivity contribution in [2.45, 2.75) is 19.6 Å². The van der Waals surface area contributed by atoms with Crippen LogP contribution < -0.4 is 10.6 Å². The fourth-order valence-corrected chi connectivity index (χ4v) is 1.86. The van der Waals surface area contributed by atoms with Gasteiger partial charge in [0, 0.05) is 0 Å². The van der Waals surface area contributed by atoms with E-state index in [-0.39, 0.29) is 24.9 Å². The molecule has 0 aliphatic carbocycles. The van der Waals surface area contributed by atoms with E-state index in [1.165, 1.54) is 17.2 Å². The highest BCUT2D eigenvalue weighted by molar-refractivity contribution is 5.93. The summed E-state index contributed by atoms with van der Waals surface area (Å²) in [5.74, 6) is -0.332. The van der Waals surface area contributed by atoms with Crippen molar-refractivity contribution in [2.24, 2.45) is 0 Å². The largest absolute Gasteiger partial charge is 0.472 e. The summed E-state index contributed by atoms with van der Waals surface area (Å²) in [6.07, 6.45) is 2.81. The number of carbonyl (C=O) groups excluding carboxylic acids is 2. The zero-order valence-corrected chi connectivity index (χ0v) is 9.92. The first-order chi connectivity index (χ1) is 9.24. The van der Waals surface area contributed by atoms with Crippen LogP contribution in [0.15, 0.2) is 23.0 Å². The second kappa shape index (κ2) is 4.56. The van der Waals surface area contributed by atoms with Gasteiger partial charge in [-0.05, 0) is 6.07 Å². The second-order valence-corrected chi connectivity index (χ2v) is 4.11. The average Bonchev–Trinajstić information content (AvgIpc) is 3.05. The SMILES string of the molecule is O=C1Cn2nnc(CNC(=O)c3ccoc3)c2CN1. The number of aromatic nitrogens is 3. The fraction of sp³-hybridized carbons (Fsp3) is 0.273. The summed E-state index contributed by atoms with van der Waals surface area (Å²) in [5.41, 5.74) is 1.92. The van der Waals surface area contributed by atoms with E-state index in [2.05, 4.69) is 20.9 Å². The molecule has 0 unspecified atom stereocenters. The highest BCUT2D eigenvalue weighted by Gasteiger charge is 2.20.